The van der Waals surface area contributed by atoms with Gasteiger partial charge in [-0.1, -0.05) is 47.5 Å². The van der Waals surface area contributed by atoms with E-state index in [1.807, 2.05) is 55.5 Å². The molecule has 6 rings (SSSR count). The number of carbonyl (C=O) groups excluding carboxylic acids is 1. The smallest absolute Gasteiger partial charge is 0.255 e. The van der Waals surface area contributed by atoms with Crippen LogP contribution in [0.25, 0.3) is 11.4 Å². The zero-order chi connectivity index (χ0) is 24.8. The number of ether oxygens (including phenoxy) is 2. The van der Waals surface area contributed by atoms with Gasteiger partial charge >= 0.3 is 0 Å². The van der Waals surface area contributed by atoms with E-state index in [0.717, 1.165) is 5.56 Å². The van der Waals surface area contributed by atoms with Gasteiger partial charge in [-0.15, -0.1) is 5.10 Å². The third-order valence-electron chi connectivity index (χ3n) is 6.01. The highest BCUT2D eigenvalue weighted by atomic mass is 35.5. The summed E-state index contributed by atoms with van der Waals surface area (Å²) >= 11 is 12.5. The number of aromatic nitrogens is 3. The molecule has 0 aliphatic carbocycles. The van der Waals surface area contributed by atoms with Crippen molar-refractivity contribution in [2.75, 3.05) is 17.4 Å². The predicted octanol–water partition coefficient (Wildman–Crippen LogP) is 5.91. The maximum Gasteiger partial charge on any atom is 0.255 e. The van der Waals surface area contributed by atoms with Crippen LogP contribution in [0.5, 0.6) is 11.5 Å². The second-order valence-electron chi connectivity index (χ2n) is 8.33. The summed E-state index contributed by atoms with van der Waals surface area (Å²) in [7, 11) is 0. The van der Waals surface area contributed by atoms with E-state index in [2.05, 4.69) is 15.6 Å². The zero-order valence-corrected chi connectivity index (χ0v) is 20.5. The van der Waals surface area contributed by atoms with Gasteiger partial charge in [0.2, 0.25) is 12.7 Å². The lowest BCUT2D eigenvalue weighted by molar-refractivity contribution is -0.113. The Bertz CT molecular complexity index is 1530. The van der Waals surface area contributed by atoms with E-state index in [1.54, 1.807) is 22.9 Å². The number of nitrogens with zero attached hydrogens (tertiary/aromatic N) is 3. The fraction of sp³-hybridized carbons (Fsp3) is 0.115. The Hall–Kier alpha value is -4.01. The molecule has 0 fully saturated rings. The number of hydrogen-bond acceptors (Lipinski definition) is 6. The first-order valence-electron chi connectivity index (χ1n) is 11.1. The summed E-state index contributed by atoms with van der Waals surface area (Å²) in [6.07, 6.45) is 0. The minimum atomic E-state index is -0.591. The van der Waals surface area contributed by atoms with Crippen molar-refractivity contribution in [1.82, 2.24) is 14.8 Å². The van der Waals surface area contributed by atoms with Gasteiger partial charge in [-0.05, 0) is 55.0 Å². The van der Waals surface area contributed by atoms with Crippen LogP contribution in [0.4, 0.5) is 11.6 Å². The van der Waals surface area contributed by atoms with Gasteiger partial charge in [-0.25, -0.2) is 4.68 Å². The molecule has 0 bridgehead atoms. The van der Waals surface area contributed by atoms with Crippen LogP contribution in [0, 0.1) is 0 Å². The number of hydrogen-bond donors (Lipinski definition) is 2. The molecule has 1 aromatic heterocycles. The normalized spacial score (nSPS) is 15.9. The van der Waals surface area contributed by atoms with Crippen molar-refractivity contribution < 1.29 is 14.3 Å². The fourth-order valence-electron chi connectivity index (χ4n) is 4.34. The highest BCUT2D eigenvalue weighted by Crippen LogP contribution is 2.41. The molecular weight excluding hydrogens is 501 g/mol. The molecule has 3 heterocycles. The van der Waals surface area contributed by atoms with Crippen LogP contribution in [0.2, 0.25) is 10.0 Å². The van der Waals surface area contributed by atoms with Crippen LogP contribution in [-0.2, 0) is 4.79 Å². The van der Waals surface area contributed by atoms with Gasteiger partial charge in [0.25, 0.3) is 5.91 Å². The Morgan fingerprint density at radius 2 is 1.86 bits per heavy atom. The van der Waals surface area contributed by atoms with Crippen molar-refractivity contribution >= 4 is 40.7 Å². The van der Waals surface area contributed by atoms with E-state index in [1.165, 1.54) is 0 Å². The fourth-order valence-corrected chi connectivity index (χ4v) is 4.83. The molecule has 2 aliphatic rings. The van der Waals surface area contributed by atoms with Crippen LogP contribution in [-0.4, -0.2) is 27.5 Å². The summed E-state index contributed by atoms with van der Waals surface area (Å²) in [6, 6.07) is 19.4. The number of allylic oxidation sites excluding steroid dienone is 1. The van der Waals surface area contributed by atoms with Crippen molar-refractivity contribution in [3.8, 4) is 22.9 Å². The second kappa shape index (κ2) is 8.89. The summed E-state index contributed by atoms with van der Waals surface area (Å²) in [5.41, 5.74) is 3.24. The Balaban J connectivity index is 1.47. The average Bonchev–Trinajstić information content (AvgIpc) is 3.50. The minimum Gasteiger partial charge on any atom is -0.454 e. The first-order chi connectivity index (χ1) is 17.5. The lowest BCUT2D eigenvalue weighted by Crippen LogP contribution is -2.31. The lowest BCUT2D eigenvalue weighted by Gasteiger charge is -2.28. The van der Waals surface area contributed by atoms with Crippen LogP contribution >= 0.6 is 23.2 Å². The first-order valence-corrected chi connectivity index (χ1v) is 11.9. The number of halogens is 2. The summed E-state index contributed by atoms with van der Waals surface area (Å²) < 4.78 is 12.8. The maximum absolute atomic E-state index is 13.6. The van der Waals surface area contributed by atoms with E-state index < -0.39 is 6.04 Å². The molecule has 4 aromatic rings. The number of anilines is 2. The largest absolute Gasteiger partial charge is 0.454 e. The highest BCUT2D eigenvalue weighted by Gasteiger charge is 2.35. The molecule has 2 aliphatic heterocycles. The summed E-state index contributed by atoms with van der Waals surface area (Å²) in [6.45, 7) is 1.99. The minimum absolute atomic E-state index is 0.148. The predicted molar refractivity (Wildman–Crippen MR) is 138 cm³/mol. The van der Waals surface area contributed by atoms with Crippen molar-refractivity contribution in [3.63, 3.8) is 0 Å². The van der Waals surface area contributed by atoms with Crippen molar-refractivity contribution in [1.29, 1.82) is 0 Å². The number of carbonyl (C=O) groups is 1. The van der Waals surface area contributed by atoms with E-state index in [4.69, 9.17) is 37.8 Å². The van der Waals surface area contributed by atoms with E-state index in [-0.39, 0.29) is 12.7 Å². The molecule has 2 N–H and O–H groups in total. The number of nitrogens with one attached hydrogen (secondary N) is 2. The van der Waals surface area contributed by atoms with Gasteiger partial charge in [0.15, 0.2) is 17.3 Å². The molecule has 0 saturated carbocycles. The summed E-state index contributed by atoms with van der Waals surface area (Å²) in [4.78, 5) is 18.3. The van der Waals surface area contributed by atoms with Crippen LogP contribution < -0.4 is 20.1 Å². The van der Waals surface area contributed by atoms with Gasteiger partial charge in [0.05, 0.1) is 10.6 Å². The number of benzene rings is 3. The Morgan fingerprint density at radius 1 is 1.06 bits per heavy atom. The number of para-hydroxylation sites is 1. The molecule has 36 heavy (non-hydrogen) atoms. The summed E-state index contributed by atoms with van der Waals surface area (Å²) in [5, 5.41) is 11.9. The second-order valence-corrected chi connectivity index (χ2v) is 9.17. The van der Waals surface area contributed by atoms with Gasteiger partial charge < -0.3 is 20.1 Å². The summed E-state index contributed by atoms with van der Waals surface area (Å²) in [5.74, 6) is 1.88. The van der Waals surface area contributed by atoms with Gasteiger partial charge in [0.1, 0.15) is 6.04 Å². The molecule has 1 atom stereocenters. The lowest BCUT2D eigenvalue weighted by atomic mass is 9.94. The maximum atomic E-state index is 13.6. The van der Waals surface area contributed by atoms with Crippen molar-refractivity contribution in [3.05, 3.63) is 93.6 Å². The van der Waals surface area contributed by atoms with Crippen molar-refractivity contribution in [2.24, 2.45) is 0 Å². The third kappa shape index (κ3) is 3.94. The monoisotopic (exact) mass is 519 g/mol. The molecule has 180 valence electrons. The molecule has 0 spiro atoms. The van der Waals surface area contributed by atoms with E-state index in [9.17, 15) is 4.79 Å². The average molecular weight is 520 g/mol. The molecule has 10 heteroatoms. The quantitative estimate of drug-likeness (QED) is 0.348. The topological polar surface area (TPSA) is 90.3 Å². The van der Waals surface area contributed by atoms with Gasteiger partial charge in [-0.2, -0.15) is 4.98 Å². The van der Waals surface area contributed by atoms with Crippen LogP contribution in [0.15, 0.2) is 78.0 Å². The van der Waals surface area contributed by atoms with Crippen LogP contribution in [0.1, 0.15) is 18.5 Å². The molecule has 0 radical (unpaired) electrons. The van der Waals surface area contributed by atoms with Gasteiger partial charge in [0, 0.05) is 22.0 Å². The number of rotatable bonds is 4. The van der Waals surface area contributed by atoms with Crippen molar-refractivity contribution in [2.45, 2.75) is 13.0 Å². The van der Waals surface area contributed by atoms with E-state index >= 15 is 0 Å². The SMILES string of the molecule is CC1=C(C(=O)Nc2ccccc2)C(c2ccc3c(c2)OCO3)n2nc(-c3ccc(Cl)cc3Cl)nc2N1. The van der Waals surface area contributed by atoms with Gasteiger partial charge in [-0.3, -0.25) is 4.79 Å². The third-order valence-corrected chi connectivity index (χ3v) is 6.56. The number of amides is 1. The Labute approximate surface area is 216 Å². The standard InChI is InChI=1S/C26H19Cl2N5O3/c1-14-22(25(34)30-17-5-3-2-4-6-17)23(15-7-10-20-21(11-15)36-13-35-20)33-26(29-14)31-24(32-33)18-9-8-16(27)12-19(18)28/h2-12,23H,13H2,1H3,(H,30,34)(H,29,31,32). The molecule has 1 amide bonds. The molecule has 1 unspecified atom stereocenters. The number of fused-ring (bicyclic) bond motifs is 2. The Kier molecular flexibility index (Phi) is 5.55. The molecule has 8 nitrogen and oxygen atoms in total. The van der Waals surface area contributed by atoms with E-state index in [0.29, 0.717) is 55.8 Å². The molecule has 0 saturated heterocycles. The molecule has 3 aromatic carbocycles. The zero-order valence-electron chi connectivity index (χ0n) is 19.0. The first kappa shape index (κ1) is 22.5. The Morgan fingerprint density at radius 3 is 2.67 bits per heavy atom. The molecular formula is C26H19Cl2N5O3. The van der Waals surface area contributed by atoms with Crippen LogP contribution in [0.3, 0.4) is 0 Å². The highest BCUT2D eigenvalue weighted by molar-refractivity contribution is 6.36.